The molecule has 2 heterocycles. The van der Waals surface area contributed by atoms with Crippen LogP contribution in [0.4, 0.5) is 13.2 Å². The van der Waals surface area contributed by atoms with Crippen molar-refractivity contribution in [3.8, 4) is 11.1 Å². The highest BCUT2D eigenvalue weighted by molar-refractivity contribution is 5.91. The molecule has 0 saturated carbocycles. The number of nitrogens with zero attached hydrogens (tertiary/aromatic N) is 3. The van der Waals surface area contributed by atoms with Gasteiger partial charge in [-0.1, -0.05) is 30.3 Å². The van der Waals surface area contributed by atoms with Crippen molar-refractivity contribution in [3.05, 3.63) is 90.0 Å². The van der Waals surface area contributed by atoms with E-state index >= 15 is 0 Å². The van der Waals surface area contributed by atoms with Crippen molar-refractivity contribution in [1.82, 2.24) is 15.0 Å². The molecule has 27 heavy (non-hydrogen) atoms. The van der Waals surface area contributed by atoms with Crippen LogP contribution in [0.3, 0.4) is 0 Å². The summed E-state index contributed by atoms with van der Waals surface area (Å²) in [5.41, 5.74) is 4.21. The summed E-state index contributed by atoms with van der Waals surface area (Å²) < 4.78 is 38.3. The molecule has 0 saturated heterocycles. The first-order valence-electron chi connectivity index (χ1n) is 8.32. The van der Waals surface area contributed by atoms with Crippen molar-refractivity contribution < 1.29 is 13.2 Å². The molecule has 0 fully saturated rings. The Morgan fingerprint density at radius 1 is 0.704 bits per heavy atom. The van der Waals surface area contributed by atoms with Gasteiger partial charge >= 0.3 is 6.18 Å². The fourth-order valence-electron chi connectivity index (χ4n) is 3.04. The lowest BCUT2D eigenvalue weighted by Crippen LogP contribution is -2.04. The molecule has 0 N–H and O–H groups in total. The van der Waals surface area contributed by atoms with Gasteiger partial charge in [0.2, 0.25) is 0 Å². The third kappa shape index (κ3) is 3.51. The zero-order chi connectivity index (χ0) is 18.9. The fraction of sp³-hybridized carbons (Fsp3) is 0.0952. The summed E-state index contributed by atoms with van der Waals surface area (Å²) in [7, 11) is 0. The molecule has 0 amide bonds. The van der Waals surface area contributed by atoms with Gasteiger partial charge < -0.3 is 0 Å². The second kappa shape index (κ2) is 6.79. The summed E-state index contributed by atoms with van der Waals surface area (Å²) in [5, 5.41) is 0. The summed E-state index contributed by atoms with van der Waals surface area (Å²) in [4.78, 5) is 13.2. The maximum Gasteiger partial charge on any atom is 0.416 e. The lowest BCUT2D eigenvalue weighted by molar-refractivity contribution is -0.137. The van der Waals surface area contributed by atoms with Gasteiger partial charge in [-0.15, -0.1) is 0 Å². The van der Waals surface area contributed by atoms with E-state index in [0.29, 0.717) is 6.42 Å². The molecule has 4 rings (SSSR count). The Kier molecular flexibility index (Phi) is 4.32. The molecule has 0 radical (unpaired) electrons. The Labute approximate surface area is 153 Å². The normalized spacial score (nSPS) is 11.7. The van der Waals surface area contributed by atoms with Crippen LogP contribution >= 0.6 is 0 Å². The number of alkyl halides is 3. The summed E-state index contributed by atoms with van der Waals surface area (Å²) >= 11 is 0. The lowest BCUT2D eigenvalue weighted by atomic mass is 9.98. The number of aromatic nitrogens is 3. The minimum absolute atomic E-state index is 0.422. The Morgan fingerprint density at radius 3 is 2.22 bits per heavy atom. The average Bonchev–Trinajstić information content (AvgIpc) is 2.68. The minimum Gasteiger partial charge on any atom is -0.260 e. The second-order valence-corrected chi connectivity index (χ2v) is 6.10. The van der Waals surface area contributed by atoms with E-state index in [0.717, 1.165) is 45.6 Å². The molecule has 2 aromatic heterocycles. The third-order valence-electron chi connectivity index (χ3n) is 4.33. The molecule has 2 aromatic carbocycles. The number of halogens is 3. The predicted octanol–water partition coefficient (Wildman–Crippen LogP) is 5.30. The highest BCUT2D eigenvalue weighted by Gasteiger charge is 2.29. The van der Waals surface area contributed by atoms with Crippen molar-refractivity contribution in [1.29, 1.82) is 0 Å². The molecule has 0 unspecified atom stereocenters. The summed E-state index contributed by atoms with van der Waals surface area (Å²) in [6.45, 7) is 0. The summed E-state index contributed by atoms with van der Waals surface area (Å²) in [5.74, 6) is 0. The summed E-state index contributed by atoms with van der Waals surface area (Å²) in [6.07, 6.45) is 1.04. The Morgan fingerprint density at radius 2 is 1.44 bits per heavy atom. The molecule has 0 atom stereocenters. The van der Waals surface area contributed by atoms with Gasteiger partial charge in [-0.2, -0.15) is 13.2 Å². The van der Waals surface area contributed by atoms with E-state index in [1.165, 1.54) is 12.1 Å². The first-order chi connectivity index (χ1) is 13.0. The number of fused-ring (bicyclic) bond motifs is 1. The van der Waals surface area contributed by atoms with Crippen LogP contribution in [-0.4, -0.2) is 15.0 Å². The van der Waals surface area contributed by atoms with E-state index < -0.39 is 11.7 Å². The van der Waals surface area contributed by atoms with Crippen LogP contribution in [0.2, 0.25) is 0 Å². The van der Waals surface area contributed by atoms with Crippen molar-refractivity contribution in [2.45, 2.75) is 12.6 Å². The quantitative estimate of drug-likeness (QED) is 0.494. The Bertz CT molecular complexity index is 1080. The number of rotatable bonds is 3. The van der Waals surface area contributed by atoms with Crippen LogP contribution in [0.25, 0.3) is 22.2 Å². The van der Waals surface area contributed by atoms with Crippen LogP contribution in [-0.2, 0) is 12.6 Å². The maximum atomic E-state index is 12.8. The van der Waals surface area contributed by atoms with Crippen LogP contribution < -0.4 is 0 Å². The number of para-hydroxylation sites is 1. The van der Waals surface area contributed by atoms with Gasteiger partial charge in [0.1, 0.15) is 0 Å². The van der Waals surface area contributed by atoms with Crippen LogP contribution in [0.15, 0.2) is 73.2 Å². The number of pyridine rings is 1. The lowest BCUT2D eigenvalue weighted by Gasteiger charge is -2.11. The molecule has 0 aliphatic carbocycles. The van der Waals surface area contributed by atoms with Crippen molar-refractivity contribution >= 4 is 11.0 Å². The van der Waals surface area contributed by atoms with Gasteiger partial charge in [0, 0.05) is 36.1 Å². The first-order valence-corrected chi connectivity index (χ1v) is 8.32. The van der Waals surface area contributed by atoms with Crippen LogP contribution in [0.1, 0.15) is 16.8 Å². The minimum atomic E-state index is -4.34. The van der Waals surface area contributed by atoms with Crippen molar-refractivity contribution in [2.24, 2.45) is 0 Å². The molecule has 0 bridgehead atoms. The van der Waals surface area contributed by atoms with Gasteiger partial charge in [0.05, 0.1) is 22.3 Å². The van der Waals surface area contributed by atoms with Crippen LogP contribution in [0.5, 0.6) is 0 Å². The standard InChI is InChI=1S/C21H14F3N3/c22-21(23,24)15-8-6-14(7-9-15)13-19-16(4-2-10-25-19)17-3-1-5-18-20(17)27-12-11-26-18/h1-12H,13H2. The van der Waals surface area contributed by atoms with Gasteiger partial charge in [0.25, 0.3) is 0 Å². The molecule has 134 valence electrons. The van der Waals surface area contributed by atoms with Gasteiger partial charge in [-0.3, -0.25) is 15.0 Å². The topological polar surface area (TPSA) is 38.7 Å². The van der Waals surface area contributed by atoms with Gasteiger partial charge in [-0.05, 0) is 29.8 Å². The first kappa shape index (κ1) is 17.1. The third-order valence-corrected chi connectivity index (χ3v) is 4.33. The van der Waals surface area contributed by atoms with Crippen molar-refractivity contribution in [2.75, 3.05) is 0 Å². The molecular formula is C21H14F3N3. The van der Waals surface area contributed by atoms with E-state index in [1.54, 1.807) is 18.6 Å². The van der Waals surface area contributed by atoms with Crippen LogP contribution in [0, 0.1) is 0 Å². The second-order valence-electron chi connectivity index (χ2n) is 6.10. The fourth-order valence-corrected chi connectivity index (χ4v) is 3.04. The van der Waals surface area contributed by atoms with Crippen molar-refractivity contribution in [3.63, 3.8) is 0 Å². The van der Waals surface area contributed by atoms with E-state index in [9.17, 15) is 13.2 Å². The molecule has 6 heteroatoms. The number of benzene rings is 2. The SMILES string of the molecule is FC(F)(F)c1ccc(Cc2ncccc2-c2cccc3nccnc23)cc1. The van der Waals surface area contributed by atoms with Gasteiger partial charge in [0.15, 0.2) is 0 Å². The summed E-state index contributed by atoms with van der Waals surface area (Å²) in [6, 6.07) is 14.7. The van der Waals surface area contributed by atoms with E-state index in [4.69, 9.17) is 0 Å². The highest BCUT2D eigenvalue weighted by atomic mass is 19.4. The predicted molar refractivity (Wildman–Crippen MR) is 97.0 cm³/mol. The average molecular weight is 365 g/mol. The number of hydrogen-bond donors (Lipinski definition) is 0. The zero-order valence-electron chi connectivity index (χ0n) is 14.1. The largest absolute Gasteiger partial charge is 0.416 e. The molecule has 0 spiro atoms. The monoisotopic (exact) mass is 365 g/mol. The van der Waals surface area contributed by atoms with E-state index in [-0.39, 0.29) is 0 Å². The molecular weight excluding hydrogens is 351 g/mol. The Hall–Kier alpha value is -3.28. The van der Waals surface area contributed by atoms with E-state index in [2.05, 4.69) is 15.0 Å². The smallest absolute Gasteiger partial charge is 0.260 e. The molecule has 4 aromatic rings. The molecule has 0 aliphatic rings. The van der Waals surface area contributed by atoms with E-state index in [1.807, 2.05) is 30.3 Å². The zero-order valence-corrected chi connectivity index (χ0v) is 14.1. The Balaban J connectivity index is 1.74. The molecule has 0 aliphatic heterocycles. The maximum absolute atomic E-state index is 12.8. The highest BCUT2D eigenvalue weighted by Crippen LogP contribution is 2.31. The number of hydrogen-bond acceptors (Lipinski definition) is 3. The van der Waals surface area contributed by atoms with Gasteiger partial charge in [-0.25, -0.2) is 0 Å². The molecule has 3 nitrogen and oxygen atoms in total.